The van der Waals surface area contributed by atoms with Crippen LogP contribution in [0.2, 0.25) is 0 Å². The lowest BCUT2D eigenvalue weighted by atomic mass is 9.50. The molecule has 0 radical (unpaired) electrons. The van der Waals surface area contributed by atoms with E-state index in [1.165, 1.54) is 27.7 Å². The van der Waals surface area contributed by atoms with Crippen LogP contribution in [-0.2, 0) is 57.1 Å². The molecular formula is C28H34ClIO12. The summed E-state index contributed by atoms with van der Waals surface area (Å²) < 4.78 is 41.9. The van der Waals surface area contributed by atoms with Crippen LogP contribution in [0, 0.1) is 17.3 Å². The Kier molecular flexibility index (Phi) is 7.93. The van der Waals surface area contributed by atoms with Crippen molar-refractivity contribution in [2.24, 2.45) is 17.3 Å². The molecule has 12 nitrogen and oxygen atoms in total. The maximum Gasteiger partial charge on any atom is 0.312 e. The summed E-state index contributed by atoms with van der Waals surface area (Å²) in [7, 11) is 0. The zero-order chi connectivity index (χ0) is 31.1. The highest BCUT2D eigenvalue weighted by atomic mass is 127. The van der Waals surface area contributed by atoms with Crippen LogP contribution in [0.4, 0.5) is 0 Å². The lowest BCUT2D eigenvalue weighted by Crippen LogP contribution is -2.78. The van der Waals surface area contributed by atoms with E-state index >= 15 is 0 Å². The molecule has 2 spiro atoms. The molecule has 0 amide bonds. The van der Waals surface area contributed by atoms with E-state index in [2.05, 4.69) is 29.2 Å². The Morgan fingerprint density at radius 1 is 0.952 bits per heavy atom. The number of rotatable bonds is 4. The molecule has 232 valence electrons. The van der Waals surface area contributed by atoms with E-state index in [4.69, 9.17) is 44.8 Å². The SMILES string of the molecule is C=C1[C@H]2O[C@]3([C@@H](C)C(=O)O[C@H]3[C@H]1Cl)[C@@H](OC(C)=O)[C@H]1[C@@]3(CO3)[C@H](OC(C)=O)C[C@H](OC(C)=O)[C@]1(C)[C@@H](OC(C)=O)C2I. The van der Waals surface area contributed by atoms with E-state index in [0.29, 0.717) is 5.57 Å². The number of alkyl halides is 2. The first-order valence-corrected chi connectivity index (χ1v) is 15.4. The summed E-state index contributed by atoms with van der Waals surface area (Å²) in [5.74, 6) is -5.18. The molecule has 5 rings (SSSR count). The number of epoxide rings is 1. The fourth-order valence-electron chi connectivity index (χ4n) is 7.76. The first-order chi connectivity index (χ1) is 19.5. The van der Waals surface area contributed by atoms with Crippen LogP contribution in [0.5, 0.6) is 0 Å². The van der Waals surface area contributed by atoms with Crippen LogP contribution in [0.15, 0.2) is 12.2 Å². The third-order valence-corrected chi connectivity index (χ3v) is 11.3. The minimum Gasteiger partial charge on any atom is -0.462 e. The molecule has 4 saturated heterocycles. The first-order valence-electron chi connectivity index (χ1n) is 13.7. The molecule has 0 aromatic rings. The number of esters is 5. The van der Waals surface area contributed by atoms with Crippen LogP contribution in [-0.4, -0.2) is 93.6 Å². The summed E-state index contributed by atoms with van der Waals surface area (Å²) in [6, 6.07) is 0. The molecule has 1 aliphatic carbocycles. The Morgan fingerprint density at radius 2 is 1.48 bits per heavy atom. The average molecular weight is 725 g/mol. The highest BCUT2D eigenvalue weighted by molar-refractivity contribution is 14.1. The summed E-state index contributed by atoms with van der Waals surface area (Å²) >= 11 is 9.05. The molecule has 4 aliphatic heterocycles. The second-order valence-electron chi connectivity index (χ2n) is 12.0. The van der Waals surface area contributed by atoms with Crippen LogP contribution >= 0.6 is 34.2 Å². The van der Waals surface area contributed by atoms with Gasteiger partial charge in [0.15, 0.2) is 11.7 Å². The second kappa shape index (κ2) is 10.6. The van der Waals surface area contributed by atoms with E-state index in [-0.39, 0.29) is 13.0 Å². The number of hydrogen-bond acceptors (Lipinski definition) is 12. The van der Waals surface area contributed by atoms with Crippen molar-refractivity contribution in [2.75, 3.05) is 6.61 Å². The van der Waals surface area contributed by atoms with Crippen LogP contribution in [0.25, 0.3) is 0 Å². The van der Waals surface area contributed by atoms with Crippen molar-refractivity contribution in [3.05, 3.63) is 12.2 Å². The number of fused-ring (bicyclic) bond motifs is 3. The Hall–Kier alpha value is -1.97. The molecule has 0 aromatic carbocycles. The van der Waals surface area contributed by atoms with Crippen LogP contribution < -0.4 is 0 Å². The monoisotopic (exact) mass is 724 g/mol. The fraction of sp³-hybridized carbons (Fsp3) is 0.750. The van der Waals surface area contributed by atoms with E-state index < -0.39 is 104 Å². The van der Waals surface area contributed by atoms with Crippen molar-refractivity contribution in [2.45, 2.75) is 105 Å². The Bertz CT molecular complexity index is 1240. The standard InChI is InChI=1S/C28H34ClIO12/c1-10-18(29)22-28(11(2)25(35)41-22)24(40-15(6)34)21-26(7,23(39-14(5)33)19(30)20(10)42-28)16(37-12(3)31)8-17(38-13(4)32)27(21)9-36-27/h11,16-24H,1,8-9H2,2-7H3/t11-,16-,17+,18-,19?,20+,21+,22-,23-,24-,26-,27+,28-/m0/s1. The van der Waals surface area contributed by atoms with E-state index in [1.54, 1.807) is 13.8 Å². The maximum absolute atomic E-state index is 13.3. The van der Waals surface area contributed by atoms with Crippen molar-refractivity contribution in [3.8, 4) is 0 Å². The largest absolute Gasteiger partial charge is 0.462 e. The Morgan fingerprint density at radius 3 is 2.00 bits per heavy atom. The Balaban J connectivity index is 1.86. The van der Waals surface area contributed by atoms with Crippen molar-refractivity contribution in [3.63, 3.8) is 0 Å². The average Bonchev–Trinajstić information content (AvgIpc) is 3.62. The molecule has 13 atom stereocenters. The van der Waals surface area contributed by atoms with Gasteiger partial charge in [-0.2, -0.15) is 0 Å². The van der Waals surface area contributed by atoms with Gasteiger partial charge in [0, 0.05) is 40.0 Å². The van der Waals surface area contributed by atoms with Crippen molar-refractivity contribution < 1.29 is 57.1 Å². The number of ether oxygens (including phenoxy) is 7. The fourth-order valence-corrected chi connectivity index (χ4v) is 9.66. The van der Waals surface area contributed by atoms with Gasteiger partial charge in [0.2, 0.25) is 0 Å². The van der Waals surface area contributed by atoms with Gasteiger partial charge in [-0.25, -0.2) is 0 Å². The van der Waals surface area contributed by atoms with Crippen LogP contribution in [0.1, 0.15) is 48.0 Å². The van der Waals surface area contributed by atoms with E-state index in [1.807, 2.05) is 0 Å². The molecular weight excluding hydrogens is 691 g/mol. The van der Waals surface area contributed by atoms with Gasteiger partial charge in [-0.15, -0.1) is 11.6 Å². The van der Waals surface area contributed by atoms with Gasteiger partial charge >= 0.3 is 29.8 Å². The van der Waals surface area contributed by atoms with E-state index in [0.717, 1.165) is 0 Å². The summed E-state index contributed by atoms with van der Waals surface area (Å²) in [6.45, 7) is 12.5. The first kappa shape index (κ1) is 31.5. The van der Waals surface area contributed by atoms with Gasteiger partial charge in [0.25, 0.3) is 0 Å². The highest BCUT2D eigenvalue weighted by Gasteiger charge is 2.82. The molecule has 42 heavy (non-hydrogen) atoms. The van der Waals surface area contributed by atoms with Gasteiger partial charge in [0.1, 0.15) is 30.0 Å². The quantitative estimate of drug-likeness (QED) is 0.104. The van der Waals surface area contributed by atoms with Gasteiger partial charge in [-0.05, 0) is 12.5 Å². The predicted octanol–water partition coefficient (Wildman–Crippen LogP) is 2.19. The second-order valence-corrected chi connectivity index (χ2v) is 13.9. The molecule has 14 heteroatoms. The topological polar surface area (TPSA) is 153 Å². The Labute approximate surface area is 261 Å². The van der Waals surface area contributed by atoms with Gasteiger partial charge in [-0.1, -0.05) is 36.1 Å². The normalized spacial score (nSPS) is 47.1. The minimum absolute atomic E-state index is 0.00604. The van der Waals surface area contributed by atoms with Gasteiger partial charge < -0.3 is 33.2 Å². The van der Waals surface area contributed by atoms with Crippen molar-refractivity contribution in [1.82, 2.24) is 0 Å². The highest BCUT2D eigenvalue weighted by Crippen LogP contribution is 2.66. The van der Waals surface area contributed by atoms with Gasteiger partial charge in [-0.3, -0.25) is 24.0 Å². The smallest absolute Gasteiger partial charge is 0.312 e. The maximum atomic E-state index is 13.3. The molecule has 4 heterocycles. The summed E-state index contributed by atoms with van der Waals surface area (Å²) in [4.78, 5) is 63.7. The summed E-state index contributed by atoms with van der Waals surface area (Å²) in [6.07, 6.45) is -6.37. The summed E-state index contributed by atoms with van der Waals surface area (Å²) in [5, 5.41) is -0.955. The molecule has 5 aliphatic rings. The molecule has 1 saturated carbocycles. The molecule has 2 bridgehead atoms. The molecule has 1 unspecified atom stereocenters. The third-order valence-electron chi connectivity index (χ3n) is 9.52. The number of carbonyl (C=O) groups excluding carboxylic acids is 5. The van der Waals surface area contributed by atoms with Crippen LogP contribution in [0.3, 0.4) is 0 Å². The number of hydrogen-bond donors (Lipinski definition) is 0. The van der Waals surface area contributed by atoms with Gasteiger partial charge in [0.05, 0.1) is 33.3 Å². The number of halogens is 2. The summed E-state index contributed by atoms with van der Waals surface area (Å²) in [5.41, 5.74) is -3.91. The van der Waals surface area contributed by atoms with E-state index in [9.17, 15) is 24.0 Å². The molecule has 0 aromatic heterocycles. The predicted molar refractivity (Wildman–Crippen MR) is 150 cm³/mol. The zero-order valence-electron chi connectivity index (χ0n) is 24.0. The molecule has 5 fully saturated rings. The number of carbonyl (C=O) groups is 5. The molecule has 0 N–H and O–H groups in total. The zero-order valence-corrected chi connectivity index (χ0v) is 27.0. The van der Waals surface area contributed by atoms with Crippen molar-refractivity contribution >= 4 is 64.0 Å². The lowest BCUT2D eigenvalue weighted by Gasteiger charge is -2.63. The van der Waals surface area contributed by atoms with Crippen molar-refractivity contribution in [1.29, 1.82) is 0 Å². The lowest BCUT2D eigenvalue weighted by molar-refractivity contribution is -0.293. The third kappa shape index (κ3) is 4.47. The minimum atomic E-state index is -1.66.